The highest BCUT2D eigenvalue weighted by atomic mass is 16.6. The molecular weight excluding hydrogens is 308 g/mol. The van der Waals surface area contributed by atoms with E-state index in [4.69, 9.17) is 23.4 Å². The summed E-state index contributed by atoms with van der Waals surface area (Å²) in [6.07, 6.45) is 0.839. The average molecular weight is 341 g/mol. The van der Waals surface area contributed by atoms with Crippen LogP contribution in [0.2, 0.25) is 10.6 Å². The van der Waals surface area contributed by atoms with Crippen LogP contribution in [0.4, 0.5) is 0 Å². The summed E-state index contributed by atoms with van der Waals surface area (Å²) < 4.78 is 29.6. The Kier molecular flexibility index (Phi) is 7.59. The second kappa shape index (κ2) is 9.01. The van der Waals surface area contributed by atoms with Crippen LogP contribution in [0.3, 0.4) is 0 Å². The van der Waals surface area contributed by atoms with Gasteiger partial charge < -0.3 is 28.7 Å². The molecule has 0 aromatic heterocycles. The van der Waals surface area contributed by atoms with Crippen molar-refractivity contribution < 1.29 is 23.4 Å². The van der Waals surface area contributed by atoms with Crippen molar-refractivity contribution in [3.8, 4) is 0 Å². The fourth-order valence-corrected chi connectivity index (χ4v) is 3.06. The van der Waals surface area contributed by atoms with Gasteiger partial charge in [0, 0.05) is 31.6 Å². The lowest BCUT2D eigenvalue weighted by atomic mass is 9.57. The summed E-state index contributed by atoms with van der Waals surface area (Å²) in [7, 11) is -0.421. The van der Waals surface area contributed by atoms with Gasteiger partial charge in [-0.1, -0.05) is 34.6 Å². The van der Waals surface area contributed by atoms with Crippen LogP contribution in [-0.4, -0.2) is 66.5 Å². The van der Waals surface area contributed by atoms with Crippen LogP contribution in [0.25, 0.3) is 0 Å². The molecule has 2 aliphatic rings. The van der Waals surface area contributed by atoms with Crippen molar-refractivity contribution in [2.24, 2.45) is 0 Å². The van der Waals surface area contributed by atoms with Gasteiger partial charge in [-0.25, -0.2) is 0 Å². The maximum Gasteiger partial charge on any atom is 0.463 e. The molecule has 0 aliphatic carbocycles. The monoisotopic (exact) mass is 341 g/mol. The highest BCUT2D eigenvalue weighted by Crippen LogP contribution is 2.37. The van der Waals surface area contributed by atoms with E-state index in [2.05, 4.69) is 39.9 Å². The molecule has 1 N–H and O–H groups in total. The summed E-state index contributed by atoms with van der Waals surface area (Å²) in [5.74, 6) is 0. The first-order valence-electron chi connectivity index (χ1n) is 9.08. The van der Waals surface area contributed by atoms with Crippen molar-refractivity contribution in [3.05, 3.63) is 0 Å². The van der Waals surface area contributed by atoms with E-state index in [9.17, 15) is 0 Å². The fraction of sp³-hybridized carbons (Fsp3) is 1.00. The molecule has 1 atom stereocenters. The van der Waals surface area contributed by atoms with Crippen LogP contribution in [0, 0.1) is 0 Å². The van der Waals surface area contributed by atoms with Gasteiger partial charge in [0.05, 0.1) is 25.9 Å². The van der Waals surface area contributed by atoms with E-state index in [0.717, 1.165) is 19.5 Å². The first kappa shape index (κ1) is 20.2. The number of ether oxygens (including phenoxy) is 1. The Labute approximate surface area is 147 Å². The smallest absolute Gasteiger partial charge is 0.409 e. The van der Waals surface area contributed by atoms with E-state index in [1.54, 1.807) is 0 Å². The van der Waals surface area contributed by atoms with Gasteiger partial charge in [0.25, 0.3) is 0 Å². The number of rotatable bonds is 3. The molecule has 2 fully saturated rings. The van der Waals surface area contributed by atoms with Gasteiger partial charge in [-0.3, -0.25) is 0 Å². The first-order valence-corrected chi connectivity index (χ1v) is 9.08. The van der Waals surface area contributed by atoms with Crippen molar-refractivity contribution in [1.82, 2.24) is 5.32 Å². The predicted octanol–water partition coefficient (Wildman–Crippen LogP) is 2.00. The molecule has 2 heterocycles. The van der Waals surface area contributed by atoms with Gasteiger partial charge in [-0.15, -0.1) is 0 Å². The van der Waals surface area contributed by atoms with E-state index < -0.39 is 0 Å². The lowest BCUT2D eigenvalue weighted by molar-refractivity contribution is -0.0369. The van der Waals surface area contributed by atoms with Gasteiger partial charge >= 0.3 is 14.2 Å². The van der Waals surface area contributed by atoms with Crippen molar-refractivity contribution in [2.45, 2.75) is 57.8 Å². The standard InChI is InChI=1S/C16H33B2NO5/c1-15(2,3)17-23-11-10-20-14(13-24-17)12-16(4,5)18-21-8-6-19-7-9-22-18/h14,19H,6-13H2,1-5H3. The zero-order valence-electron chi connectivity index (χ0n) is 15.9. The van der Waals surface area contributed by atoms with E-state index in [0.29, 0.717) is 33.0 Å². The third-order valence-corrected chi connectivity index (χ3v) is 4.33. The number of nitrogens with one attached hydrogen (secondary N) is 1. The summed E-state index contributed by atoms with van der Waals surface area (Å²) in [5.41, 5.74) is 0. The second-order valence-electron chi connectivity index (χ2n) is 8.41. The largest absolute Gasteiger partial charge is 0.463 e. The third-order valence-electron chi connectivity index (χ3n) is 4.33. The summed E-state index contributed by atoms with van der Waals surface area (Å²) in [6.45, 7) is 15.5. The zero-order valence-corrected chi connectivity index (χ0v) is 15.9. The Morgan fingerprint density at radius 3 is 2.08 bits per heavy atom. The Morgan fingerprint density at radius 2 is 1.46 bits per heavy atom. The van der Waals surface area contributed by atoms with E-state index in [1.165, 1.54) is 0 Å². The zero-order chi connectivity index (χ0) is 17.6. The van der Waals surface area contributed by atoms with Crippen LogP contribution in [0.15, 0.2) is 0 Å². The first-order chi connectivity index (χ1) is 11.3. The summed E-state index contributed by atoms with van der Waals surface area (Å²) in [6, 6.07) is 0. The molecule has 138 valence electrons. The van der Waals surface area contributed by atoms with Crippen LogP contribution >= 0.6 is 0 Å². The molecule has 24 heavy (non-hydrogen) atoms. The highest BCUT2D eigenvalue weighted by molar-refractivity contribution is 6.48. The lowest BCUT2D eigenvalue weighted by Gasteiger charge is -2.36. The van der Waals surface area contributed by atoms with E-state index in [-0.39, 0.29) is 31.0 Å². The molecule has 1 unspecified atom stereocenters. The normalized spacial score (nSPS) is 25.6. The molecule has 0 amide bonds. The summed E-state index contributed by atoms with van der Waals surface area (Å²) in [5, 5.41) is 3.07. The van der Waals surface area contributed by atoms with Gasteiger partial charge in [0.15, 0.2) is 0 Å². The predicted molar refractivity (Wildman–Crippen MR) is 96.3 cm³/mol. The minimum absolute atomic E-state index is 0.0181. The van der Waals surface area contributed by atoms with Gasteiger partial charge in [0.2, 0.25) is 0 Å². The maximum absolute atomic E-state index is 6.00. The van der Waals surface area contributed by atoms with Crippen LogP contribution in [-0.2, 0) is 23.4 Å². The Balaban J connectivity index is 1.91. The lowest BCUT2D eigenvalue weighted by Crippen LogP contribution is -2.45. The SMILES string of the molecule is CC(C)(C)B1OCCOC(CC(C)(C)B2OCCNCCO2)CO1. The van der Waals surface area contributed by atoms with Crippen molar-refractivity contribution >= 4 is 14.2 Å². The molecule has 2 aliphatic heterocycles. The maximum atomic E-state index is 6.00. The minimum atomic E-state index is -0.219. The van der Waals surface area contributed by atoms with Gasteiger partial charge in [-0.05, 0) is 11.7 Å². The fourth-order valence-electron chi connectivity index (χ4n) is 3.06. The van der Waals surface area contributed by atoms with Crippen LogP contribution in [0.5, 0.6) is 0 Å². The van der Waals surface area contributed by atoms with E-state index >= 15 is 0 Å². The molecule has 0 aromatic rings. The Bertz CT molecular complexity index is 370. The Morgan fingerprint density at radius 1 is 0.833 bits per heavy atom. The van der Waals surface area contributed by atoms with Crippen LogP contribution < -0.4 is 5.32 Å². The number of hydrogen-bond acceptors (Lipinski definition) is 6. The number of hydrogen-bond donors (Lipinski definition) is 1. The van der Waals surface area contributed by atoms with Crippen LogP contribution in [0.1, 0.15) is 41.0 Å². The average Bonchev–Trinajstić information content (AvgIpc) is 2.39. The second-order valence-corrected chi connectivity index (χ2v) is 8.41. The molecule has 0 bridgehead atoms. The topological polar surface area (TPSA) is 58.2 Å². The molecule has 8 heteroatoms. The summed E-state index contributed by atoms with van der Waals surface area (Å²) in [4.78, 5) is 0. The Hall–Kier alpha value is -0.110. The van der Waals surface area contributed by atoms with Crippen molar-refractivity contribution in [1.29, 1.82) is 0 Å². The third kappa shape index (κ3) is 6.32. The molecule has 0 radical (unpaired) electrons. The molecule has 0 spiro atoms. The molecular formula is C16H33B2NO5. The quantitative estimate of drug-likeness (QED) is 0.793. The summed E-state index contributed by atoms with van der Waals surface area (Å²) >= 11 is 0. The molecule has 6 nitrogen and oxygen atoms in total. The molecule has 0 saturated carbocycles. The van der Waals surface area contributed by atoms with Gasteiger partial charge in [-0.2, -0.15) is 0 Å². The molecule has 2 rings (SSSR count). The highest BCUT2D eigenvalue weighted by Gasteiger charge is 2.42. The van der Waals surface area contributed by atoms with Crippen molar-refractivity contribution in [3.63, 3.8) is 0 Å². The molecule has 0 aromatic carbocycles. The van der Waals surface area contributed by atoms with Crippen molar-refractivity contribution in [2.75, 3.05) is 46.1 Å². The van der Waals surface area contributed by atoms with E-state index in [1.807, 2.05) is 0 Å². The molecule has 2 saturated heterocycles. The minimum Gasteiger partial charge on any atom is -0.409 e. The van der Waals surface area contributed by atoms with Gasteiger partial charge in [0.1, 0.15) is 0 Å².